The Labute approximate surface area is 582 Å². The van der Waals surface area contributed by atoms with E-state index in [0.29, 0.717) is 44.8 Å². The van der Waals surface area contributed by atoms with Gasteiger partial charge in [0.25, 0.3) is 0 Å². The molecule has 0 heterocycles. The molecule has 0 aliphatic carbocycles. The largest absolute Gasteiger partial charge is 0.481 e. The molecule has 0 aliphatic rings. The van der Waals surface area contributed by atoms with Crippen LogP contribution >= 0.6 is 0 Å². The Balaban J connectivity index is 0.000000266. The van der Waals surface area contributed by atoms with Gasteiger partial charge < -0.3 is 44.0 Å². The van der Waals surface area contributed by atoms with Gasteiger partial charge in [-0.05, 0) is 102 Å². The van der Waals surface area contributed by atoms with Crippen molar-refractivity contribution in [2.75, 3.05) is 32.7 Å². The fourth-order valence-corrected chi connectivity index (χ4v) is 11.3. The van der Waals surface area contributed by atoms with Crippen LogP contribution in [0.3, 0.4) is 0 Å². The average Bonchev–Trinajstić information content (AvgIpc) is 1.22. The molecule has 0 fully saturated rings. The highest BCUT2D eigenvalue weighted by Crippen LogP contribution is 2.31. The minimum Gasteiger partial charge on any atom is -0.481 e. The van der Waals surface area contributed by atoms with E-state index in [9.17, 15) is 19.2 Å². The van der Waals surface area contributed by atoms with Gasteiger partial charge in [-0.3, -0.25) is 19.2 Å². The lowest BCUT2D eigenvalue weighted by Gasteiger charge is -2.19. The molecule has 97 heavy (non-hydrogen) atoms. The van der Waals surface area contributed by atoms with Gasteiger partial charge in [-0.25, -0.2) is 0 Å². The van der Waals surface area contributed by atoms with E-state index in [4.69, 9.17) is 28.0 Å². The summed E-state index contributed by atoms with van der Waals surface area (Å²) in [6.07, 6.45) is 13.9. The molecule has 8 aromatic rings. The number of rotatable bonds is 35. The van der Waals surface area contributed by atoms with Gasteiger partial charge in [0.1, 0.15) is 0 Å². The molecule has 0 aromatic heterocycles. The zero-order valence-electron chi connectivity index (χ0n) is 58.7. The van der Waals surface area contributed by atoms with E-state index >= 15 is 0 Å². The van der Waals surface area contributed by atoms with Gasteiger partial charge in [-0.15, -0.1) is 0 Å². The number of hydrogen-bond donors (Lipinski definition) is 8. The zero-order valence-corrected chi connectivity index (χ0v) is 58.7. The second kappa shape index (κ2) is 49.9. The van der Waals surface area contributed by atoms with Gasteiger partial charge in [0, 0.05) is 74.7 Å². The van der Waals surface area contributed by atoms with Crippen LogP contribution in [0, 0.1) is 11.8 Å². The van der Waals surface area contributed by atoms with E-state index in [1.54, 1.807) is 0 Å². The second-order valence-electron chi connectivity index (χ2n) is 25.4. The number of amides is 3. The van der Waals surface area contributed by atoms with Gasteiger partial charge in [-0.1, -0.05) is 316 Å². The third-order valence-electron chi connectivity index (χ3n) is 17.1. The second-order valence-corrected chi connectivity index (χ2v) is 25.4. The molecule has 520 valence electrons. The SMILES string of the molecule is CCCC[C@H](C)CN.CCCC[C@H](C)CNC(=O)CC(c1ccccc1)c1ccccc1.CCCC[C@H](N)CNC(=O)CC(c1ccccc1)c1ccccc1.NCCC[C@H](N)CNC(=O)CC(c1ccccc1)c1ccccc1.O=C(O)CC(c1ccccc1)c1ccccc1. The molecule has 12 nitrogen and oxygen atoms in total. The lowest BCUT2D eigenvalue weighted by atomic mass is 9.88. The summed E-state index contributed by atoms with van der Waals surface area (Å²) in [4.78, 5) is 48.2. The summed E-state index contributed by atoms with van der Waals surface area (Å²) in [6, 6.07) is 80.8. The van der Waals surface area contributed by atoms with Crippen LogP contribution in [0.15, 0.2) is 243 Å². The maximum atomic E-state index is 12.5. The summed E-state index contributed by atoms with van der Waals surface area (Å²) in [6.45, 7) is 14.3. The van der Waals surface area contributed by atoms with Crippen LogP contribution in [0.25, 0.3) is 0 Å². The summed E-state index contributed by atoms with van der Waals surface area (Å²) in [5.74, 6) is 0.866. The predicted octanol–water partition coefficient (Wildman–Crippen LogP) is 16.4. The molecule has 0 bridgehead atoms. The lowest BCUT2D eigenvalue weighted by molar-refractivity contribution is -0.137. The minimum absolute atomic E-state index is 0.0240. The summed E-state index contributed by atoms with van der Waals surface area (Å²) in [5, 5.41) is 18.1. The summed E-state index contributed by atoms with van der Waals surface area (Å²) < 4.78 is 0. The highest BCUT2D eigenvalue weighted by atomic mass is 16.4. The van der Waals surface area contributed by atoms with Gasteiger partial charge >= 0.3 is 5.97 Å². The first kappa shape index (κ1) is 80.9. The first-order valence-electron chi connectivity index (χ1n) is 35.5. The van der Waals surface area contributed by atoms with Crippen LogP contribution in [0.4, 0.5) is 0 Å². The molecule has 0 aliphatic heterocycles. The van der Waals surface area contributed by atoms with Crippen LogP contribution in [-0.4, -0.2) is 73.6 Å². The topological polar surface area (TPSA) is 229 Å². The van der Waals surface area contributed by atoms with E-state index < -0.39 is 5.97 Å². The number of benzene rings is 8. The van der Waals surface area contributed by atoms with Crippen molar-refractivity contribution < 1.29 is 24.3 Å². The Kier molecular flexibility index (Phi) is 41.6. The molecule has 0 unspecified atom stereocenters. The Morgan fingerprint density at radius 1 is 0.330 bits per heavy atom. The highest BCUT2D eigenvalue weighted by Gasteiger charge is 2.22. The quantitative estimate of drug-likeness (QED) is 0.0189. The first-order chi connectivity index (χ1) is 47.2. The summed E-state index contributed by atoms with van der Waals surface area (Å²) in [7, 11) is 0. The molecule has 0 saturated carbocycles. The molecule has 0 radical (unpaired) electrons. The number of carboxylic acids is 1. The van der Waals surface area contributed by atoms with E-state index in [2.05, 4.69) is 123 Å². The number of carbonyl (C=O) groups is 4. The molecule has 0 spiro atoms. The number of aliphatic carboxylic acids is 1. The molecule has 12 heteroatoms. The average molecular weight is 1310 g/mol. The van der Waals surface area contributed by atoms with Crippen LogP contribution in [0.1, 0.15) is 199 Å². The Hall–Kier alpha value is -8.52. The fraction of sp³-hybridized carbons (Fsp3) is 0.388. The van der Waals surface area contributed by atoms with Crippen LogP contribution in [0.5, 0.6) is 0 Å². The molecule has 8 rings (SSSR count). The maximum absolute atomic E-state index is 12.5. The van der Waals surface area contributed by atoms with Crippen molar-refractivity contribution in [3.05, 3.63) is 287 Å². The first-order valence-corrected chi connectivity index (χ1v) is 35.5. The number of unbranched alkanes of at least 4 members (excludes halogenated alkanes) is 3. The molecule has 8 aromatic carbocycles. The van der Waals surface area contributed by atoms with E-state index in [-0.39, 0.29) is 59.9 Å². The summed E-state index contributed by atoms with van der Waals surface area (Å²) in [5.41, 5.74) is 32.0. The molecular formula is C85H115N7O5. The fourth-order valence-electron chi connectivity index (χ4n) is 11.3. The lowest BCUT2D eigenvalue weighted by Crippen LogP contribution is -2.38. The Morgan fingerprint density at radius 2 is 0.557 bits per heavy atom. The van der Waals surface area contributed by atoms with Gasteiger partial charge in [0.05, 0.1) is 6.42 Å². The number of carboxylic acid groups (broad SMARTS) is 1. The Bertz CT molecular complexity index is 2840. The molecule has 12 N–H and O–H groups in total. The van der Waals surface area contributed by atoms with E-state index in [0.717, 1.165) is 84.5 Å². The van der Waals surface area contributed by atoms with Crippen molar-refractivity contribution in [2.45, 2.75) is 167 Å². The van der Waals surface area contributed by atoms with Gasteiger partial charge in [0.2, 0.25) is 17.7 Å². The minimum atomic E-state index is -0.775. The monoisotopic (exact) mass is 1310 g/mol. The van der Waals surface area contributed by atoms with Crippen molar-refractivity contribution >= 4 is 23.7 Å². The predicted molar refractivity (Wildman–Crippen MR) is 404 cm³/mol. The molecule has 0 saturated heterocycles. The van der Waals surface area contributed by atoms with Crippen molar-refractivity contribution in [3.63, 3.8) is 0 Å². The normalized spacial score (nSPS) is 12.0. The maximum Gasteiger partial charge on any atom is 0.304 e. The third kappa shape index (κ3) is 34.3. The van der Waals surface area contributed by atoms with E-state index in [1.165, 1.54) is 49.7 Å². The van der Waals surface area contributed by atoms with Gasteiger partial charge in [0.15, 0.2) is 0 Å². The molecule has 4 atom stereocenters. The third-order valence-corrected chi connectivity index (χ3v) is 17.1. The van der Waals surface area contributed by atoms with Crippen LogP contribution in [0.2, 0.25) is 0 Å². The van der Waals surface area contributed by atoms with Crippen LogP contribution in [-0.2, 0) is 19.2 Å². The zero-order chi connectivity index (χ0) is 70.1. The van der Waals surface area contributed by atoms with E-state index in [1.807, 2.05) is 170 Å². The highest BCUT2D eigenvalue weighted by molar-refractivity contribution is 5.79. The molecule has 3 amide bonds. The standard InChI is InChI=1S/C22H29NO.C21H28N2O.C20H27N3O.C15H14O2.C7H17N/c1-3-4-11-18(2)17-23-22(24)16-21(19-12-7-5-8-13-19)20-14-9-6-10-15-20;1-2-3-14-19(22)16-23-21(24)15-20(17-10-6-4-7-11-17)18-12-8-5-9-13-18;21-13-7-12-18(22)15-23-20(24)14-19(16-8-3-1-4-9-16)17-10-5-2-6-11-17;16-15(17)11-14(12-7-3-1-4-8-12)13-9-5-2-6-10-13;1-3-4-5-7(2)6-8/h5-10,12-15,18,21H,3-4,11,16-17H2,1-2H3,(H,23,24);4-13,19-20H,2-3,14-16,22H2,1H3,(H,23,24);1-6,8-11,18-19H,7,12-15,21-22H2,(H,23,24);1-10,14H,11H2,(H,16,17);7H,3-6,8H2,1-2H3/t18-;19-;18-;;7-/m000.0/s1. The smallest absolute Gasteiger partial charge is 0.304 e. The van der Waals surface area contributed by atoms with Crippen molar-refractivity contribution in [3.8, 4) is 0 Å². The van der Waals surface area contributed by atoms with Crippen LogP contribution < -0.4 is 38.9 Å². The number of nitrogens with one attached hydrogen (secondary N) is 3. The number of carbonyl (C=O) groups excluding carboxylic acids is 3. The Morgan fingerprint density at radius 3 is 0.794 bits per heavy atom. The number of hydrogen-bond acceptors (Lipinski definition) is 8. The van der Waals surface area contributed by atoms with Crippen molar-refractivity contribution in [1.82, 2.24) is 16.0 Å². The molecular weight excluding hydrogens is 1200 g/mol. The number of nitrogens with two attached hydrogens (primary N) is 4. The van der Waals surface area contributed by atoms with Crippen molar-refractivity contribution in [2.24, 2.45) is 34.8 Å². The van der Waals surface area contributed by atoms with Gasteiger partial charge in [-0.2, -0.15) is 0 Å². The van der Waals surface area contributed by atoms with Crippen molar-refractivity contribution in [1.29, 1.82) is 0 Å². The summed E-state index contributed by atoms with van der Waals surface area (Å²) >= 11 is 0.